The van der Waals surface area contributed by atoms with Crippen LogP contribution in [0.4, 0.5) is 0 Å². The summed E-state index contributed by atoms with van der Waals surface area (Å²) in [5, 5.41) is 11.7. The van der Waals surface area contributed by atoms with Gasteiger partial charge in [-0.1, -0.05) is 40.2 Å². The van der Waals surface area contributed by atoms with E-state index in [4.69, 9.17) is 4.52 Å². The molecule has 0 saturated heterocycles. The smallest absolute Gasteiger partial charge is 0.158 e. The molecule has 0 unspecified atom stereocenters. The summed E-state index contributed by atoms with van der Waals surface area (Å²) in [5.41, 5.74) is 3.12. The molecule has 0 aliphatic carbocycles. The van der Waals surface area contributed by atoms with Crippen LogP contribution >= 0.6 is 0 Å². The molecule has 0 aliphatic heterocycles. The largest absolute Gasteiger partial charge is 0.359 e. The third-order valence-corrected chi connectivity index (χ3v) is 2.70. The van der Waals surface area contributed by atoms with Gasteiger partial charge in [0.15, 0.2) is 5.76 Å². The van der Waals surface area contributed by atoms with Gasteiger partial charge in [0.05, 0.1) is 6.20 Å². The topological polar surface area (TPSA) is 56.7 Å². The Labute approximate surface area is 104 Å². The second kappa shape index (κ2) is 4.44. The minimum Gasteiger partial charge on any atom is -0.359 e. The first-order valence-electron chi connectivity index (χ1n) is 5.68. The van der Waals surface area contributed by atoms with Gasteiger partial charge < -0.3 is 4.52 Å². The highest BCUT2D eigenvalue weighted by Crippen LogP contribution is 2.19. The van der Waals surface area contributed by atoms with E-state index in [9.17, 15) is 0 Å². The maximum absolute atomic E-state index is 5.28. The standard InChI is InChI=1S/C13H12N4O/c1-10-2-4-11(5-3-10)13-8-12(18-15-13)9-17-7-6-14-16-17/h2-8H,9H2,1H3. The van der Waals surface area contributed by atoms with E-state index in [1.807, 2.05) is 18.2 Å². The maximum Gasteiger partial charge on any atom is 0.158 e. The Hall–Kier alpha value is -2.43. The number of rotatable bonds is 3. The monoisotopic (exact) mass is 240 g/mol. The molecule has 18 heavy (non-hydrogen) atoms. The quantitative estimate of drug-likeness (QED) is 0.704. The zero-order valence-electron chi connectivity index (χ0n) is 9.95. The Morgan fingerprint density at radius 2 is 2.06 bits per heavy atom. The highest BCUT2D eigenvalue weighted by atomic mass is 16.5. The molecule has 3 rings (SSSR count). The summed E-state index contributed by atoms with van der Waals surface area (Å²) in [6.07, 6.45) is 3.42. The predicted octanol–water partition coefficient (Wildman–Crippen LogP) is 2.29. The van der Waals surface area contributed by atoms with E-state index in [0.29, 0.717) is 6.54 Å². The van der Waals surface area contributed by atoms with Gasteiger partial charge in [-0.2, -0.15) is 0 Å². The third-order valence-electron chi connectivity index (χ3n) is 2.70. The second-order valence-corrected chi connectivity index (χ2v) is 4.15. The van der Waals surface area contributed by atoms with Crippen molar-refractivity contribution in [3.05, 3.63) is 54.0 Å². The molecule has 0 saturated carbocycles. The predicted molar refractivity (Wildman–Crippen MR) is 65.8 cm³/mol. The van der Waals surface area contributed by atoms with Crippen molar-refractivity contribution < 1.29 is 4.52 Å². The molecular formula is C13H12N4O. The van der Waals surface area contributed by atoms with E-state index in [-0.39, 0.29) is 0 Å². The summed E-state index contributed by atoms with van der Waals surface area (Å²) in [5.74, 6) is 0.760. The van der Waals surface area contributed by atoms with Crippen LogP contribution in [0.5, 0.6) is 0 Å². The van der Waals surface area contributed by atoms with Crippen molar-refractivity contribution >= 4 is 0 Å². The van der Waals surface area contributed by atoms with Crippen molar-refractivity contribution in [2.45, 2.75) is 13.5 Å². The highest BCUT2D eigenvalue weighted by molar-refractivity contribution is 5.59. The third kappa shape index (κ3) is 2.15. The van der Waals surface area contributed by atoms with Gasteiger partial charge >= 0.3 is 0 Å². The summed E-state index contributed by atoms with van der Waals surface area (Å²) < 4.78 is 6.98. The Balaban J connectivity index is 1.83. The number of aryl methyl sites for hydroxylation is 1. The summed E-state index contributed by atoms with van der Waals surface area (Å²) in [6, 6.07) is 10.1. The van der Waals surface area contributed by atoms with E-state index in [2.05, 4.69) is 34.5 Å². The van der Waals surface area contributed by atoms with Crippen LogP contribution in [0.3, 0.4) is 0 Å². The molecule has 0 atom stereocenters. The lowest BCUT2D eigenvalue weighted by atomic mass is 10.1. The number of hydrogen-bond acceptors (Lipinski definition) is 4. The van der Waals surface area contributed by atoms with Crippen molar-refractivity contribution in [1.29, 1.82) is 0 Å². The Morgan fingerprint density at radius 1 is 1.22 bits per heavy atom. The molecule has 0 fully saturated rings. The van der Waals surface area contributed by atoms with Gasteiger partial charge in [0.25, 0.3) is 0 Å². The molecular weight excluding hydrogens is 228 g/mol. The van der Waals surface area contributed by atoms with Gasteiger partial charge in [0.1, 0.15) is 12.2 Å². The Kier molecular flexibility index (Phi) is 2.64. The normalized spacial score (nSPS) is 10.7. The summed E-state index contributed by atoms with van der Waals surface area (Å²) in [4.78, 5) is 0. The minimum absolute atomic E-state index is 0.541. The molecule has 2 heterocycles. The molecule has 5 heteroatoms. The van der Waals surface area contributed by atoms with Crippen molar-refractivity contribution in [2.75, 3.05) is 0 Å². The number of hydrogen-bond donors (Lipinski definition) is 0. The fourth-order valence-corrected chi connectivity index (χ4v) is 1.72. The van der Waals surface area contributed by atoms with Gasteiger partial charge in [0.2, 0.25) is 0 Å². The first kappa shape index (κ1) is 10.7. The fraction of sp³-hybridized carbons (Fsp3) is 0.154. The van der Waals surface area contributed by atoms with Gasteiger partial charge in [-0.25, -0.2) is 4.68 Å². The van der Waals surface area contributed by atoms with E-state index < -0.39 is 0 Å². The Bertz CT molecular complexity index is 625. The average Bonchev–Trinajstić information content (AvgIpc) is 3.02. The highest BCUT2D eigenvalue weighted by Gasteiger charge is 2.07. The van der Waals surface area contributed by atoms with E-state index >= 15 is 0 Å². The number of benzene rings is 1. The molecule has 0 spiro atoms. The maximum atomic E-state index is 5.28. The molecule has 0 radical (unpaired) electrons. The lowest BCUT2D eigenvalue weighted by molar-refractivity contribution is 0.372. The summed E-state index contributed by atoms with van der Waals surface area (Å²) in [6.45, 7) is 2.60. The first-order chi connectivity index (χ1) is 8.81. The van der Waals surface area contributed by atoms with Gasteiger partial charge in [-0.05, 0) is 6.92 Å². The lowest BCUT2D eigenvalue weighted by Crippen LogP contribution is -1.98. The molecule has 90 valence electrons. The van der Waals surface area contributed by atoms with Crippen molar-refractivity contribution in [3.8, 4) is 11.3 Å². The van der Waals surface area contributed by atoms with Crippen LogP contribution in [-0.4, -0.2) is 20.2 Å². The number of aromatic nitrogens is 4. The molecule has 3 aromatic rings. The zero-order chi connectivity index (χ0) is 12.4. The summed E-state index contributed by atoms with van der Waals surface area (Å²) >= 11 is 0. The molecule has 5 nitrogen and oxygen atoms in total. The van der Waals surface area contributed by atoms with Crippen LogP contribution in [0, 0.1) is 6.92 Å². The lowest BCUT2D eigenvalue weighted by Gasteiger charge is -1.95. The molecule has 0 amide bonds. The molecule has 0 bridgehead atoms. The van der Waals surface area contributed by atoms with Crippen LogP contribution < -0.4 is 0 Å². The summed E-state index contributed by atoms with van der Waals surface area (Å²) in [7, 11) is 0. The Morgan fingerprint density at radius 3 is 2.78 bits per heavy atom. The molecule has 2 aromatic heterocycles. The first-order valence-corrected chi connectivity index (χ1v) is 5.68. The fourth-order valence-electron chi connectivity index (χ4n) is 1.72. The molecule has 0 aliphatic rings. The van der Waals surface area contributed by atoms with Crippen molar-refractivity contribution in [3.63, 3.8) is 0 Å². The van der Waals surface area contributed by atoms with Gasteiger partial charge in [-0.15, -0.1) is 5.10 Å². The second-order valence-electron chi connectivity index (χ2n) is 4.15. The van der Waals surface area contributed by atoms with Crippen LogP contribution in [0.2, 0.25) is 0 Å². The van der Waals surface area contributed by atoms with Crippen LogP contribution in [0.15, 0.2) is 47.2 Å². The van der Waals surface area contributed by atoms with Crippen molar-refractivity contribution in [2.24, 2.45) is 0 Å². The van der Waals surface area contributed by atoms with E-state index in [0.717, 1.165) is 17.0 Å². The minimum atomic E-state index is 0.541. The zero-order valence-corrected chi connectivity index (χ0v) is 9.95. The van der Waals surface area contributed by atoms with Gasteiger partial charge in [-0.3, -0.25) is 0 Å². The van der Waals surface area contributed by atoms with Gasteiger partial charge in [0, 0.05) is 17.8 Å². The van der Waals surface area contributed by atoms with Crippen molar-refractivity contribution in [1.82, 2.24) is 20.2 Å². The van der Waals surface area contributed by atoms with E-state index in [1.54, 1.807) is 17.1 Å². The SMILES string of the molecule is Cc1ccc(-c2cc(Cn3ccnn3)on2)cc1. The number of nitrogens with zero attached hydrogens (tertiary/aromatic N) is 4. The molecule has 0 N–H and O–H groups in total. The average molecular weight is 240 g/mol. The van der Waals surface area contributed by atoms with E-state index in [1.165, 1.54) is 5.56 Å². The molecule has 1 aromatic carbocycles. The van der Waals surface area contributed by atoms with Crippen LogP contribution in [0.1, 0.15) is 11.3 Å². The van der Waals surface area contributed by atoms with Crippen LogP contribution in [-0.2, 0) is 6.54 Å². The van der Waals surface area contributed by atoms with Crippen LogP contribution in [0.25, 0.3) is 11.3 Å².